The summed E-state index contributed by atoms with van der Waals surface area (Å²) in [6, 6.07) is 14.7. The minimum Gasteiger partial charge on any atom is -0.478 e. The Morgan fingerprint density at radius 3 is 2.56 bits per heavy atom. The predicted octanol–water partition coefficient (Wildman–Crippen LogP) is 4.69. The normalized spacial score (nSPS) is 15.2. The zero-order chi connectivity index (χ0) is 17.6. The summed E-state index contributed by atoms with van der Waals surface area (Å²) < 4.78 is 0. The first-order valence-electron chi connectivity index (χ1n) is 7.90. The minimum absolute atomic E-state index is 0.256. The van der Waals surface area contributed by atoms with Crippen molar-refractivity contribution in [3.8, 4) is 0 Å². The van der Waals surface area contributed by atoms with E-state index in [0.29, 0.717) is 5.69 Å². The van der Waals surface area contributed by atoms with E-state index in [1.54, 1.807) is 30.5 Å². The molecule has 1 heterocycles. The number of nitrogens with zero attached hydrogens (tertiary/aromatic N) is 2. The number of fused-ring (bicyclic) bond motifs is 1. The van der Waals surface area contributed by atoms with E-state index in [1.807, 2.05) is 37.4 Å². The second-order valence-corrected chi connectivity index (χ2v) is 5.56. The van der Waals surface area contributed by atoms with Crippen LogP contribution in [0, 0.1) is 0 Å². The number of likely N-dealkylation sites (N-methyl/N-ethyl adjacent to an activating group) is 1. The Hall–Kier alpha value is -3.40. The zero-order valence-electron chi connectivity index (χ0n) is 13.8. The van der Waals surface area contributed by atoms with E-state index in [-0.39, 0.29) is 5.56 Å². The van der Waals surface area contributed by atoms with Gasteiger partial charge in [0.1, 0.15) is 0 Å². The predicted molar refractivity (Wildman–Crippen MR) is 103 cm³/mol. The van der Waals surface area contributed by atoms with Gasteiger partial charge in [-0.25, -0.2) is 4.79 Å². The molecule has 1 aliphatic heterocycles. The van der Waals surface area contributed by atoms with Crippen LogP contribution in [-0.2, 0) is 0 Å². The van der Waals surface area contributed by atoms with Crippen LogP contribution in [0.5, 0.6) is 0 Å². The van der Waals surface area contributed by atoms with Crippen molar-refractivity contribution in [3.05, 3.63) is 89.7 Å². The fourth-order valence-corrected chi connectivity index (χ4v) is 2.55. The molecule has 4 nitrogen and oxygen atoms in total. The lowest BCUT2D eigenvalue weighted by atomic mass is 10.1. The van der Waals surface area contributed by atoms with Crippen LogP contribution in [0.15, 0.2) is 83.5 Å². The largest absolute Gasteiger partial charge is 0.478 e. The van der Waals surface area contributed by atoms with E-state index >= 15 is 0 Å². The molecule has 0 unspecified atom stereocenters. The molecule has 1 aliphatic rings. The first-order chi connectivity index (χ1) is 12.1. The van der Waals surface area contributed by atoms with Crippen molar-refractivity contribution in [1.29, 1.82) is 0 Å². The van der Waals surface area contributed by atoms with E-state index in [4.69, 9.17) is 5.11 Å². The SMILES string of the molecule is CN1C(=CC=CC=Nc2ccc(C(=O)O)cc2)C=Cc2ccccc21. The Morgan fingerprint density at radius 2 is 1.80 bits per heavy atom. The molecule has 0 aliphatic carbocycles. The van der Waals surface area contributed by atoms with Crippen molar-refractivity contribution in [2.45, 2.75) is 0 Å². The highest BCUT2D eigenvalue weighted by atomic mass is 16.4. The first kappa shape index (κ1) is 16.5. The number of benzene rings is 2. The summed E-state index contributed by atoms with van der Waals surface area (Å²) in [6.45, 7) is 0. The number of allylic oxidation sites excluding steroid dienone is 4. The van der Waals surface area contributed by atoms with Gasteiger partial charge in [0.05, 0.1) is 11.3 Å². The van der Waals surface area contributed by atoms with Crippen molar-refractivity contribution >= 4 is 29.6 Å². The van der Waals surface area contributed by atoms with Crippen LogP contribution in [0.25, 0.3) is 6.08 Å². The molecule has 2 aromatic rings. The summed E-state index contributed by atoms with van der Waals surface area (Å²) in [5, 5.41) is 8.86. The summed E-state index contributed by atoms with van der Waals surface area (Å²) in [4.78, 5) is 17.2. The van der Waals surface area contributed by atoms with Gasteiger partial charge in [0.15, 0.2) is 0 Å². The Morgan fingerprint density at radius 1 is 1.04 bits per heavy atom. The number of carbonyl (C=O) groups is 1. The van der Waals surface area contributed by atoms with Crippen LogP contribution < -0.4 is 4.90 Å². The molecule has 0 bridgehead atoms. The highest BCUT2D eigenvalue weighted by Gasteiger charge is 2.11. The van der Waals surface area contributed by atoms with Gasteiger partial charge < -0.3 is 10.0 Å². The van der Waals surface area contributed by atoms with E-state index in [1.165, 1.54) is 11.3 Å². The highest BCUT2D eigenvalue weighted by molar-refractivity contribution is 5.88. The maximum absolute atomic E-state index is 10.8. The second kappa shape index (κ2) is 7.45. The molecule has 25 heavy (non-hydrogen) atoms. The average molecular weight is 330 g/mol. The van der Waals surface area contributed by atoms with Crippen molar-refractivity contribution in [2.24, 2.45) is 4.99 Å². The molecule has 2 aromatic carbocycles. The van der Waals surface area contributed by atoms with E-state index in [0.717, 1.165) is 5.70 Å². The van der Waals surface area contributed by atoms with Crippen LogP contribution in [0.1, 0.15) is 15.9 Å². The number of hydrogen-bond acceptors (Lipinski definition) is 3. The smallest absolute Gasteiger partial charge is 0.335 e. The zero-order valence-corrected chi connectivity index (χ0v) is 13.8. The molecule has 1 N–H and O–H groups in total. The van der Waals surface area contributed by atoms with Crippen molar-refractivity contribution in [1.82, 2.24) is 0 Å². The molecule has 0 atom stereocenters. The summed E-state index contributed by atoms with van der Waals surface area (Å²) in [5.74, 6) is -0.937. The molecule has 124 valence electrons. The Kier molecular flexibility index (Phi) is 4.90. The summed E-state index contributed by atoms with van der Waals surface area (Å²) in [7, 11) is 2.04. The third-order valence-electron chi connectivity index (χ3n) is 3.92. The van der Waals surface area contributed by atoms with Gasteiger partial charge in [0.25, 0.3) is 0 Å². The van der Waals surface area contributed by atoms with E-state index in [9.17, 15) is 4.79 Å². The van der Waals surface area contributed by atoms with Crippen LogP contribution in [0.2, 0.25) is 0 Å². The summed E-state index contributed by atoms with van der Waals surface area (Å²) in [5.41, 5.74) is 4.45. The van der Waals surface area contributed by atoms with Crippen LogP contribution in [0.3, 0.4) is 0 Å². The van der Waals surface area contributed by atoms with Gasteiger partial charge in [-0.15, -0.1) is 0 Å². The van der Waals surface area contributed by atoms with Gasteiger partial charge in [-0.05, 0) is 54.1 Å². The summed E-state index contributed by atoms with van der Waals surface area (Å²) in [6.07, 6.45) is 11.7. The van der Waals surface area contributed by atoms with Gasteiger partial charge in [0, 0.05) is 24.6 Å². The van der Waals surface area contributed by atoms with Gasteiger partial charge in [-0.1, -0.05) is 30.4 Å². The van der Waals surface area contributed by atoms with Gasteiger partial charge in [0.2, 0.25) is 0 Å². The Bertz CT molecular complexity index is 890. The molecular formula is C21H18N2O2. The molecule has 0 radical (unpaired) electrons. The molecule has 0 amide bonds. The fraction of sp³-hybridized carbons (Fsp3) is 0.0476. The topological polar surface area (TPSA) is 52.9 Å². The number of para-hydroxylation sites is 1. The van der Waals surface area contributed by atoms with Gasteiger partial charge >= 0.3 is 5.97 Å². The third-order valence-corrected chi connectivity index (χ3v) is 3.92. The molecule has 0 aromatic heterocycles. The molecular weight excluding hydrogens is 312 g/mol. The Balaban J connectivity index is 1.65. The number of anilines is 1. The van der Waals surface area contributed by atoms with Crippen molar-refractivity contribution < 1.29 is 9.90 Å². The van der Waals surface area contributed by atoms with E-state index < -0.39 is 5.97 Å². The second-order valence-electron chi connectivity index (χ2n) is 5.56. The lowest BCUT2D eigenvalue weighted by Crippen LogP contribution is -2.18. The number of hydrogen-bond donors (Lipinski definition) is 1. The van der Waals surface area contributed by atoms with Crippen LogP contribution in [0.4, 0.5) is 11.4 Å². The first-order valence-corrected chi connectivity index (χ1v) is 7.90. The highest BCUT2D eigenvalue weighted by Crippen LogP contribution is 2.28. The molecule has 0 saturated heterocycles. The van der Waals surface area contributed by atoms with Crippen molar-refractivity contribution in [3.63, 3.8) is 0 Å². The van der Waals surface area contributed by atoms with Crippen molar-refractivity contribution in [2.75, 3.05) is 11.9 Å². The van der Waals surface area contributed by atoms with Gasteiger partial charge in [-0.2, -0.15) is 0 Å². The monoisotopic (exact) mass is 330 g/mol. The maximum atomic E-state index is 10.8. The molecule has 3 rings (SSSR count). The maximum Gasteiger partial charge on any atom is 0.335 e. The molecule has 0 saturated carbocycles. The Labute approximate surface area is 146 Å². The molecule has 0 spiro atoms. The average Bonchev–Trinajstić information content (AvgIpc) is 2.64. The number of aromatic carboxylic acids is 1. The molecule has 0 fully saturated rings. The number of carboxylic acid groups (broad SMARTS) is 1. The third kappa shape index (κ3) is 3.93. The quantitative estimate of drug-likeness (QED) is 0.827. The summed E-state index contributed by atoms with van der Waals surface area (Å²) >= 11 is 0. The number of rotatable bonds is 4. The fourth-order valence-electron chi connectivity index (χ4n) is 2.55. The van der Waals surface area contributed by atoms with Gasteiger partial charge in [-0.3, -0.25) is 4.99 Å². The van der Waals surface area contributed by atoms with E-state index in [2.05, 4.69) is 34.2 Å². The lowest BCUT2D eigenvalue weighted by Gasteiger charge is -2.25. The number of carboxylic acids is 1. The standard InChI is InChI=1S/C21H18N2O2/c1-23-19(14-11-16-6-2-3-8-20(16)23)7-4-5-15-22-18-12-9-17(10-13-18)21(24)25/h2-15H,1H3,(H,24,25). The molecule has 4 heteroatoms. The lowest BCUT2D eigenvalue weighted by molar-refractivity contribution is 0.0697. The minimum atomic E-state index is -0.937. The van der Waals surface area contributed by atoms with Crippen LogP contribution in [-0.4, -0.2) is 24.3 Å². The van der Waals surface area contributed by atoms with Crippen LogP contribution >= 0.6 is 0 Å². The number of aliphatic imine (C=N–C) groups is 1.